The lowest BCUT2D eigenvalue weighted by atomic mass is 9.96. The average Bonchev–Trinajstić information content (AvgIpc) is 2.89. The fourth-order valence-corrected chi connectivity index (χ4v) is 3.19. The molecule has 0 atom stereocenters. The highest BCUT2D eigenvalue weighted by molar-refractivity contribution is 9.10. The van der Waals surface area contributed by atoms with Gasteiger partial charge < -0.3 is 10.2 Å². The Labute approximate surface area is 129 Å². The topological polar surface area (TPSA) is 32.3 Å². The summed E-state index contributed by atoms with van der Waals surface area (Å²) in [6, 6.07) is 7.92. The minimum atomic E-state index is 0.112. The van der Waals surface area contributed by atoms with Gasteiger partial charge in [0, 0.05) is 16.6 Å². The third-order valence-corrected chi connectivity index (χ3v) is 4.90. The molecule has 0 saturated heterocycles. The van der Waals surface area contributed by atoms with Gasteiger partial charge in [-0.25, -0.2) is 0 Å². The van der Waals surface area contributed by atoms with Gasteiger partial charge in [0.15, 0.2) is 0 Å². The number of nitrogens with zero attached hydrogens (tertiary/aromatic N) is 1. The number of halogens is 1. The number of benzene rings is 1. The number of rotatable bonds is 5. The maximum Gasteiger partial charge on any atom is 0.224 e. The summed E-state index contributed by atoms with van der Waals surface area (Å²) in [7, 11) is 4.23. The summed E-state index contributed by atoms with van der Waals surface area (Å²) in [6.45, 7) is 0.759. The molecule has 0 spiro atoms. The first-order valence-electron chi connectivity index (χ1n) is 7.20. The van der Waals surface area contributed by atoms with Gasteiger partial charge in [0.1, 0.15) is 0 Å². The Morgan fingerprint density at radius 3 is 2.40 bits per heavy atom. The second-order valence-electron chi connectivity index (χ2n) is 5.91. The van der Waals surface area contributed by atoms with Crippen LogP contribution in [0.4, 0.5) is 0 Å². The summed E-state index contributed by atoms with van der Waals surface area (Å²) >= 11 is 3.40. The molecule has 2 rings (SSSR count). The third-order valence-electron chi connectivity index (χ3n) is 4.38. The summed E-state index contributed by atoms with van der Waals surface area (Å²) < 4.78 is 1.04. The van der Waals surface area contributed by atoms with Crippen LogP contribution in [-0.4, -0.2) is 37.0 Å². The molecule has 0 unspecified atom stereocenters. The molecule has 1 saturated carbocycles. The zero-order valence-corrected chi connectivity index (χ0v) is 13.9. The molecule has 1 aliphatic rings. The number of amides is 1. The number of nitrogens with one attached hydrogen (secondary N) is 1. The first-order chi connectivity index (χ1) is 9.52. The number of likely N-dealkylation sites (N-methyl/N-ethyl adjacent to an activating group) is 1. The van der Waals surface area contributed by atoms with E-state index >= 15 is 0 Å². The van der Waals surface area contributed by atoms with Gasteiger partial charge in [-0.1, -0.05) is 40.9 Å². The van der Waals surface area contributed by atoms with Gasteiger partial charge in [0.05, 0.1) is 6.42 Å². The lowest BCUT2D eigenvalue weighted by Gasteiger charge is -2.36. The summed E-state index contributed by atoms with van der Waals surface area (Å²) in [6.07, 6.45) is 5.34. The van der Waals surface area contributed by atoms with E-state index in [1.54, 1.807) is 0 Å². The molecule has 3 nitrogen and oxygen atoms in total. The van der Waals surface area contributed by atoms with E-state index in [1.807, 2.05) is 24.3 Å². The third kappa shape index (κ3) is 3.83. The van der Waals surface area contributed by atoms with Crippen molar-refractivity contribution in [3.63, 3.8) is 0 Å². The summed E-state index contributed by atoms with van der Waals surface area (Å²) in [5.74, 6) is 0.112. The predicted molar refractivity (Wildman–Crippen MR) is 85.7 cm³/mol. The normalized spacial score (nSPS) is 17.4. The van der Waals surface area contributed by atoms with Gasteiger partial charge in [-0.3, -0.25) is 4.79 Å². The Morgan fingerprint density at radius 2 is 1.85 bits per heavy atom. The molecule has 1 N–H and O–H groups in total. The first kappa shape index (κ1) is 15.5. The van der Waals surface area contributed by atoms with Crippen LogP contribution < -0.4 is 5.32 Å². The van der Waals surface area contributed by atoms with Crippen molar-refractivity contribution in [2.45, 2.75) is 37.6 Å². The fourth-order valence-electron chi connectivity index (χ4n) is 2.93. The number of carbonyl (C=O) groups excluding carboxylic acids is 1. The molecule has 1 amide bonds. The molecule has 0 radical (unpaired) electrons. The second-order valence-corrected chi connectivity index (χ2v) is 6.82. The van der Waals surface area contributed by atoms with E-state index in [4.69, 9.17) is 0 Å². The molecule has 0 heterocycles. The van der Waals surface area contributed by atoms with Crippen LogP contribution in [0, 0.1) is 0 Å². The minimum absolute atomic E-state index is 0.112. The highest BCUT2D eigenvalue weighted by atomic mass is 79.9. The van der Waals surface area contributed by atoms with E-state index in [9.17, 15) is 4.79 Å². The first-order valence-corrected chi connectivity index (χ1v) is 8.00. The highest BCUT2D eigenvalue weighted by Crippen LogP contribution is 2.33. The van der Waals surface area contributed by atoms with Crippen LogP contribution in [-0.2, 0) is 11.2 Å². The molecule has 0 aliphatic heterocycles. The van der Waals surface area contributed by atoms with Crippen LogP contribution in [0.25, 0.3) is 0 Å². The zero-order chi connectivity index (χ0) is 14.6. The maximum absolute atomic E-state index is 12.1. The summed E-state index contributed by atoms with van der Waals surface area (Å²) in [5.41, 5.74) is 1.21. The van der Waals surface area contributed by atoms with Crippen molar-refractivity contribution in [1.82, 2.24) is 10.2 Å². The highest BCUT2D eigenvalue weighted by Gasteiger charge is 2.35. The van der Waals surface area contributed by atoms with Crippen molar-refractivity contribution in [2.75, 3.05) is 20.6 Å². The van der Waals surface area contributed by atoms with E-state index in [1.165, 1.54) is 25.7 Å². The Balaban J connectivity index is 1.87. The van der Waals surface area contributed by atoms with Crippen LogP contribution in [0.5, 0.6) is 0 Å². The van der Waals surface area contributed by atoms with Gasteiger partial charge in [0.2, 0.25) is 5.91 Å². The van der Waals surface area contributed by atoms with Gasteiger partial charge >= 0.3 is 0 Å². The Morgan fingerprint density at radius 1 is 1.25 bits per heavy atom. The Bertz CT molecular complexity index is 450. The molecule has 20 heavy (non-hydrogen) atoms. The molecule has 4 heteroatoms. The largest absolute Gasteiger partial charge is 0.354 e. The van der Waals surface area contributed by atoms with E-state index in [0.717, 1.165) is 16.6 Å². The van der Waals surface area contributed by atoms with Crippen molar-refractivity contribution in [2.24, 2.45) is 0 Å². The average molecular weight is 339 g/mol. The van der Waals surface area contributed by atoms with Crippen LogP contribution in [0.2, 0.25) is 0 Å². The van der Waals surface area contributed by atoms with Gasteiger partial charge in [-0.05, 0) is 44.6 Å². The van der Waals surface area contributed by atoms with E-state index in [2.05, 4.69) is 40.2 Å². The summed E-state index contributed by atoms with van der Waals surface area (Å²) in [4.78, 5) is 14.4. The van der Waals surface area contributed by atoms with E-state index in [-0.39, 0.29) is 11.4 Å². The lowest BCUT2D eigenvalue weighted by Crippen LogP contribution is -2.51. The molecule has 110 valence electrons. The molecule has 1 aromatic carbocycles. The fraction of sp³-hybridized carbons (Fsp3) is 0.562. The molecule has 1 fully saturated rings. The van der Waals surface area contributed by atoms with Gasteiger partial charge in [0.25, 0.3) is 0 Å². The molecule has 0 aromatic heterocycles. The van der Waals surface area contributed by atoms with E-state index < -0.39 is 0 Å². The van der Waals surface area contributed by atoms with Gasteiger partial charge in [-0.2, -0.15) is 0 Å². The minimum Gasteiger partial charge on any atom is -0.354 e. The predicted octanol–water partition coefficient (Wildman–Crippen LogP) is 2.98. The van der Waals surface area contributed by atoms with Crippen molar-refractivity contribution in [1.29, 1.82) is 0 Å². The molecule has 1 aliphatic carbocycles. The molecular weight excluding hydrogens is 316 g/mol. The second kappa shape index (κ2) is 6.72. The summed E-state index contributed by atoms with van der Waals surface area (Å²) in [5, 5.41) is 3.12. The molecule has 1 aromatic rings. The van der Waals surface area contributed by atoms with Crippen LogP contribution in [0.15, 0.2) is 28.7 Å². The van der Waals surface area contributed by atoms with Crippen LogP contribution in [0.3, 0.4) is 0 Å². The molecular formula is C16H23BrN2O. The van der Waals surface area contributed by atoms with Crippen molar-refractivity contribution in [3.8, 4) is 0 Å². The van der Waals surface area contributed by atoms with Crippen LogP contribution >= 0.6 is 15.9 Å². The standard InChI is InChI=1S/C16H23BrN2O/c1-19(2)16(9-3-4-10-16)12-18-15(20)11-13-5-7-14(17)8-6-13/h5-8H,3-4,9-12H2,1-2H3,(H,18,20). The van der Waals surface area contributed by atoms with Crippen molar-refractivity contribution >= 4 is 21.8 Å². The smallest absolute Gasteiger partial charge is 0.224 e. The Hall–Kier alpha value is -0.870. The quantitative estimate of drug-likeness (QED) is 0.895. The zero-order valence-electron chi connectivity index (χ0n) is 12.3. The number of hydrogen-bond acceptors (Lipinski definition) is 2. The monoisotopic (exact) mass is 338 g/mol. The maximum atomic E-state index is 12.1. The molecule has 0 bridgehead atoms. The van der Waals surface area contributed by atoms with Crippen LogP contribution in [0.1, 0.15) is 31.2 Å². The van der Waals surface area contributed by atoms with Gasteiger partial charge in [-0.15, -0.1) is 0 Å². The van der Waals surface area contributed by atoms with E-state index in [0.29, 0.717) is 6.42 Å². The lowest BCUT2D eigenvalue weighted by molar-refractivity contribution is -0.121. The number of hydrogen-bond donors (Lipinski definition) is 1. The SMILES string of the molecule is CN(C)C1(CNC(=O)Cc2ccc(Br)cc2)CCCC1. The Kier molecular flexibility index (Phi) is 5.22. The van der Waals surface area contributed by atoms with Crippen molar-refractivity contribution in [3.05, 3.63) is 34.3 Å². The number of carbonyl (C=O) groups is 1. The van der Waals surface area contributed by atoms with Crippen molar-refractivity contribution < 1.29 is 4.79 Å².